The molecule has 1 aromatic carbocycles. The van der Waals surface area contributed by atoms with E-state index in [0.717, 1.165) is 30.7 Å². The molecule has 1 aliphatic rings. The predicted molar refractivity (Wildman–Crippen MR) is 67.6 cm³/mol. The molecule has 0 saturated carbocycles. The molecule has 0 bridgehead atoms. The lowest BCUT2D eigenvalue weighted by atomic mass is 10.00. The molecule has 2 aromatic rings. The number of para-hydroxylation sites is 1. The highest BCUT2D eigenvalue weighted by Crippen LogP contribution is 2.30. The first kappa shape index (κ1) is 11.2. The highest BCUT2D eigenvalue weighted by atomic mass is 16.4. The summed E-state index contributed by atoms with van der Waals surface area (Å²) in [5, 5.41) is 12.6. The predicted octanol–water partition coefficient (Wildman–Crippen LogP) is 1.86. The van der Waals surface area contributed by atoms with Crippen LogP contribution in [0.2, 0.25) is 0 Å². The third-order valence-corrected chi connectivity index (χ3v) is 3.63. The number of hydrogen-bond acceptors (Lipinski definition) is 3. The summed E-state index contributed by atoms with van der Waals surface area (Å²) in [7, 11) is 0. The van der Waals surface area contributed by atoms with Gasteiger partial charge in [-0.05, 0) is 38.4 Å². The third kappa shape index (κ3) is 1.59. The second-order valence-corrected chi connectivity index (χ2v) is 4.95. The van der Waals surface area contributed by atoms with Crippen LogP contribution in [0.4, 0.5) is 0 Å². The first-order valence-corrected chi connectivity index (χ1v) is 6.08. The summed E-state index contributed by atoms with van der Waals surface area (Å²) in [4.78, 5) is 18.9. The highest BCUT2D eigenvalue weighted by Gasteiger charge is 2.33. The van der Waals surface area contributed by atoms with E-state index in [9.17, 15) is 4.79 Å². The van der Waals surface area contributed by atoms with Gasteiger partial charge < -0.3 is 15.4 Å². The molecule has 1 saturated heterocycles. The number of nitrogens with one attached hydrogen (secondary N) is 2. The Balaban J connectivity index is 2.16. The van der Waals surface area contributed by atoms with Crippen molar-refractivity contribution in [1.29, 1.82) is 0 Å². The fourth-order valence-electron chi connectivity index (χ4n) is 2.56. The van der Waals surface area contributed by atoms with E-state index in [2.05, 4.69) is 22.2 Å². The van der Waals surface area contributed by atoms with Crippen molar-refractivity contribution in [2.75, 3.05) is 6.54 Å². The standard InChI is InChI=1S/C13H15N3O2/c1-13(6-3-7-14-13)12-15-9-5-2-4-8(11(17)18)10(9)16-12/h2,4-5,14H,3,6-7H2,1H3,(H,15,16)(H,17,18). The number of aromatic nitrogens is 2. The molecular weight excluding hydrogens is 230 g/mol. The van der Waals surface area contributed by atoms with Gasteiger partial charge in [-0.25, -0.2) is 9.78 Å². The maximum Gasteiger partial charge on any atom is 0.337 e. The maximum absolute atomic E-state index is 11.2. The molecule has 94 valence electrons. The number of imidazole rings is 1. The lowest BCUT2D eigenvalue weighted by Crippen LogP contribution is -2.34. The number of aromatic amines is 1. The zero-order chi connectivity index (χ0) is 12.8. The number of hydrogen-bond donors (Lipinski definition) is 3. The van der Waals surface area contributed by atoms with E-state index in [-0.39, 0.29) is 11.1 Å². The lowest BCUT2D eigenvalue weighted by Gasteiger charge is -2.21. The van der Waals surface area contributed by atoms with E-state index in [4.69, 9.17) is 5.11 Å². The Morgan fingerprint density at radius 1 is 1.50 bits per heavy atom. The van der Waals surface area contributed by atoms with Crippen LogP contribution in [0.25, 0.3) is 11.0 Å². The topological polar surface area (TPSA) is 78.0 Å². The summed E-state index contributed by atoms with van der Waals surface area (Å²) < 4.78 is 0. The van der Waals surface area contributed by atoms with Crippen LogP contribution in [0, 0.1) is 0 Å². The molecule has 1 unspecified atom stereocenters. The van der Waals surface area contributed by atoms with Crippen LogP contribution in [0.3, 0.4) is 0 Å². The van der Waals surface area contributed by atoms with Gasteiger partial charge in [-0.2, -0.15) is 0 Å². The summed E-state index contributed by atoms with van der Waals surface area (Å²) >= 11 is 0. The minimum atomic E-state index is -0.941. The Hall–Kier alpha value is -1.88. The van der Waals surface area contributed by atoms with Gasteiger partial charge in [-0.15, -0.1) is 0 Å². The summed E-state index contributed by atoms with van der Waals surface area (Å²) in [6.07, 6.45) is 2.12. The summed E-state index contributed by atoms with van der Waals surface area (Å²) in [6.45, 7) is 3.07. The molecule has 5 heteroatoms. The number of fused-ring (bicyclic) bond motifs is 1. The van der Waals surface area contributed by atoms with Crippen LogP contribution in [0.1, 0.15) is 35.9 Å². The van der Waals surface area contributed by atoms with E-state index >= 15 is 0 Å². The average molecular weight is 245 g/mol. The molecule has 5 nitrogen and oxygen atoms in total. The Bertz CT molecular complexity index is 612. The van der Waals surface area contributed by atoms with Gasteiger partial charge in [0.2, 0.25) is 0 Å². The normalized spacial score (nSPS) is 23.6. The van der Waals surface area contributed by atoms with Gasteiger partial charge in [0.15, 0.2) is 0 Å². The zero-order valence-electron chi connectivity index (χ0n) is 10.2. The number of carbonyl (C=O) groups is 1. The fourth-order valence-corrected chi connectivity index (χ4v) is 2.56. The molecule has 0 spiro atoms. The molecular formula is C13H15N3O2. The van der Waals surface area contributed by atoms with E-state index in [1.807, 2.05) is 6.07 Å². The van der Waals surface area contributed by atoms with Gasteiger partial charge in [0, 0.05) is 0 Å². The van der Waals surface area contributed by atoms with E-state index in [1.165, 1.54) is 0 Å². The van der Waals surface area contributed by atoms with Crippen LogP contribution in [-0.4, -0.2) is 27.6 Å². The number of carboxylic acid groups (broad SMARTS) is 1. The van der Waals surface area contributed by atoms with Crippen molar-refractivity contribution in [3.05, 3.63) is 29.6 Å². The van der Waals surface area contributed by atoms with Crippen LogP contribution in [0.5, 0.6) is 0 Å². The molecule has 3 N–H and O–H groups in total. The first-order valence-electron chi connectivity index (χ1n) is 6.08. The van der Waals surface area contributed by atoms with E-state index in [0.29, 0.717) is 5.52 Å². The van der Waals surface area contributed by atoms with Crippen molar-refractivity contribution >= 4 is 17.0 Å². The number of carboxylic acids is 1. The Kier molecular flexibility index (Phi) is 2.38. The van der Waals surface area contributed by atoms with Gasteiger partial charge in [0.1, 0.15) is 11.3 Å². The highest BCUT2D eigenvalue weighted by molar-refractivity contribution is 6.00. The van der Waals surface area contributed by atoms with Crippen molar-refractivity contribution in [2.24, 2.45) is 0 Å². The van der Waals surface area contributed by atoms with Crippen molar-refractivity contribution in [3.63, 3.8) is 0 Å². The maximum atomic E-state index is 11.2. The van der Waals surface area contributed by atoms with Crippen molar-refractivity contribution in [2.45, 2.75) is 25.3 Å². The van der Waals surface area contributed by atoms with Crippen LogP contribution in [0.15, 0.2) is 18.2 Å². The summed E-state index contributed by atoms with van der Waals surface area (Å²) in [5.41, 5.74) is 1.39. The van der Waals surface area contributed by atoms with Gasteiger partial charge in [-0.1, -0.05) is 6.07 Å². The largest absolute Gasteiger partial charge is 0.478 e. The van der Waals surface area contributed by atoms with Crippen molar-refractivity contribution < 1.29 is 9.90 Å². The molecule has 18 heavy (non-hydrogen) atoms. The SMILES string of the molecule is CC1(c2nc3c(C(=O)O)cccc3[nH]2)CCCN1. The van der Waals surface area contributed by atoms with Crippen LogP contribution in [-0.2, 0) is 5.54 Å². The second kappa shape index (κ2) is 3.81. The van der Waals surface area contributed by atoms with E-state index in [1.54, 1.807) is 12.1 Å². The number of nitrogens with zero attached hydrogens (tertiary/aromatic N) is 1. The second-order valence-electron chi connectivity index (χ2n) is 4.95. The molecule has 1 fully saturated rings. The molecule has 1 aromatic heterocycles. The zero-order valence-corrected chi connectivity index (χ0v) is 10.2. The van der Waals surface area contributed by atoms with E-state index < -0.39 is 5.97 Å². The minimum Gasteiger partial charge on any atom is -0.478 e. The smallest absolute Gasteiger partial charge is 0.337 e. The molecule has 0 radical (unpaired) electrons. The molecule has 1 atom stereocenters. The lowest BCUT2D eigenvalue weighted by molar-refractivity contribution is 0.0699. The van der Waals surface area contributed by atoms with Gasteiger partial charge >= 0.3 is 5.97 Å². The molecule has 0 amide bonds. The van der Waals surface area contributed by atoms with Crippen LogP contribution >= 0.6 is 0 Å². The molecule has 0 aliphatic carbocycles. The number of H-pyrrole nitrogens is 1. The Labute approximate surface area is 104 Å². The number of benzene rings is 1. The first-order chi connectivity index (χ1) is 8.60. The minimum absolute atomic E-state index is 0.172. The fraction of sp³-hybridized carbons (Fsp3) is 0.385. The quantitative estimate of drug-likeness (QED) is 0.754. The third-order valence-electron chi connectivity index (χ3n) is 3.63. The summed E-state index contributed by atoms with van der Waals surface area (Å²) in [6, 6.07) is 5.18. The molecule has 1 aliphatic heterocycles. The summed E-state index contributed by atoms with van der Waals surface area (Å²) in [5.74, 6) is -0.119. The van der Waals surface area contributed by atoms with Crippen LogP contribution < -0.4 is 5.32 Å². The number of rotatable bonds is 2. The Morgan fingerprint density at radius 2 is 2.33 bits per heavy atom. The van der Waals surface area contributed by atoms with Gasteiger partial charge in [-0.3, -0.25) is 0 Å². The molecule has 2 heterocycles. The van der Waals surface area contributed by atoms with Crippen molar-refractivity contribution in [1.82, 2.24) is 15.3 Å². The van der Waals surface area contributed by atoms with Gasteiger partial charge in [0.25, 0.3) is 0 Å². The van der Waals surface area contributed by atoms with Gasteiger partial charge in [0.05, 0.1) is 16.6 Å². The van der Waals surface area contributed by atoms with Crippen molar-refractivity contribution in [3.8, 4) is 0 Å². The monoisotopic (exact) mass is 245 g/mol. The molecule has 3 rings (SSSR count). The average Bonchev–Trinajstić information content (AvgIpc) is 2.94. The Morgan fingerprint density at radius 3 is 3.00 bits per heavy atom. The number of aromatic carboxylic acids is 1.